The molecule has 1 unspecified atom stereocenters. The van der Waals surface area contributed by atoms with Crippen molar-refractivity contribution in [1.29, 1.82) is 0 Å². The van der Waals surface area contributed by atoms with Crippen LogP contribution < -0.4 is 4.48 Å². The number of hydrogen-bond acceptors (Lipinski definition) is 2. The zero-order valence-electron chi connectivity index (χ0n) is 4.93. The van der Waals surface area contributed by atoms with Crippen LogP contribution in [0, 0.1) is 0 Å². The van der Waals surface area contributed by atoms with Gasteiger partial charge >= 0.3 is 65.1 Å². The summed E-state index contributed by atoms with van der Waals surface area (Å²) in [5.41, 5.74) is 2.12. The van der Waals surface area contributed by atoms with Crippen LogP contribution in [0.15, 0.2) is 12.4 Å². The summed E-state index contributed by atoms with van der Waals surface area (Å²) in [6.07, 6.45) is 3.28. The molecule has 2 nitrogen and oxygen atoms in total. The summed E-state index contributed by atoms with van der Waals surface area (Å²) in [6, 6.07) is 0. The van der Waals surface area contributed by atoms with E-state index in [0.29, 0.717) is 5.15 Å². The molecule has 0 saturated carbocycles. The third-order valence-corrected chi connectivity index (χ3v) is 3.26. The number of aromatic nitrogens is 2. The first-order chi connectivity index (χ1) is 4.34. The van der Waals surface area contributed by atoms with E-state index in [4.69, 9.17) is 11.6 Å². The topological polar surface area (TPSA) is 25.8 Å². The molecular formula is C5H6AsClN2. The van der Waals surface area contributed by atoms with E-state index in [-0.39, 0.29) is 15.8 Å². The van der Waals surface area contributed by atoms with Gasteiger partial charge in [-0.3, -0.25) is 0 Å². The first-order valence-corrected chi connectivity index (χ1v) is 6.01. The second-order valence-corrected chi connectivity index (χ2v) is 3.85. The van der Waals surface area contributed by atoms with E-state index in [1.165, 1.54) is 0 Å². The normalized spacial score (nSPS) is 10.9. The Kier molecular flexibility index (Phi) is 2.49. The molecule has 1 aromatic rings. The van der Waals surface area contributed by atoms with Crippen molar-refractivity contribution in [1.82, 2.24) is 9.97 Å². The molecule has 0 saturated heterocycles. The van der Waals surface area contributed by atoms with Gasteiger partial charge in [0, 0.05) is 0 Å². The monoisotopic (exact) mass is 204 g/mol. The molecule has 9 heavy (non-hydrogen) atoms. The quantitative estimate of drug-likeness (QED) is 0.613. The van der Waals surface area contributed by atoms with Gasteiger partial charge in [-0.1, -0.05) is 0 Å². The van der Waals surface area contributed by atoms with E-state index >= 15 is 0 Å². The average molecular weight is 204 g/mol. The van der Waals surface area contributed by atoms with E-state index < -0.39 is 0 Å². The molecule has 0 aliphatic carbocycles. The summed E-state index contributed by atoms with van der Waals surface area (Å²) >= 11 is 5.55. The van der Waals surface area contributed by atoms with Gasteiger partial charge in [-0.05, 0) is 0 Å². The second-order valence-electron chi connectivity index (χ2n) is 1.45. The summed E-state index contributed by atoms with van der Waals surface area (Å²) in [5.74, 6) is 0. The van der Waals surface area contributed by atoms with E-state index in [0.717, 1.165) is 4.48 Å². The Morgan fingerprint density at radius 3 is 2.56 bits per heavy atom. The van der Waals surface area contributed by atoms with Crippen molar-refractivity contribution >= 4 is 31.8 Å². The predicted octanol–water partition coefficient (Wildman–Crippen LogP) is 0.240. The molecule has 1 heterocycles. The summed E-state index contributed by atoms with van der Waals surface area (Å²) in [4.78, 5) is 7.94. The van der Waals surface area contributed by atoms with Crippen LogP contribution in [-0.4, -0.2) is 25.7 Å². The van der Waals surface area contributed by atoms with Gasteiger partial charge < -0.3 is 0 Å². The summed E-state index contributed by atoms with van der Waals surface area (Å²) in [5, 5.41) is 0.569. The molecule has 0 N–H and O–H groups in total. The number of rotatable bonds is 1. The van der Waals surface area contributed by atoms with Crippen LogP contribution in [0.5, 0.6) is 0 Å². The summed E-state index contributed by atoms with van der Waals surface area (Å²) in [6.45, 7) is 0. The van der Waals surface area contributed by atoms with Crippen molar-refractivity contribution in [3.63, 3.8) is 0 Å². The Hall–Kier alpha value is -0.0716. The molecule has 0 amide bonds. The van der Waals surface area contributed by atoms with Gasteiger partial charge in [-0.2, -0.15) is 0 Å². The molecule has 0 aromatic carbocycles. The second kappa shape index (κ2) is 3.19. The van der Waals surface area contributed by atoms with Crippen molar-refractivity contribution in [2.24, 2.45) is 0 Å². The van der Waals surface area contributed by atoms with Gasteiger partial charge in [0.2, 0.25) is 0 Å². The van der Waals surface area contributed by atoms with Crippen LogP contribution in [-0.2, 0) is 0 Å². The maximum absolute atomic E-state index is 5.68. The molecule has 1 atom stereocenters. The zero-order valence-corrected chi connectivity index (χ0v) is 7.78. The standard InChI is InChI=1S/C5H6AsClN2/c1-6-4-5(7)9-3-2-8-4/h2-3,6H,1H3. The Labute approximate surface area is 65.3 Å². The number of nitrogens with zero attached hydrogens (tertiary/aromatic N) is 2. The van der Waals surface area contributed by atoms with Crippen molar-refractivity contribution in [2.45, 2.75) is 5.71 Å². The molecule has 48 valence electrons. The minimum absolute atomic E-state index is 0.135. The Bertz CT molecular complexity index is 204. The summed E-state index contributed by atoms with van der Waals surface area (Å²) in [7, 11) is 0. The van der Waals surface area contributed by atoms with Crippen LogP contribution >= 0.6 is 11.6 Å². The Morgan fingerprint density at radius 2 is 2.11 bits per heavy atom. The van der Waals surface area contributed by atoms with Crippen molar-refractivity contribution in [3.05, 3.63) is 17.5 Å². The van der Waals surface area contributed by atoms with Crippen LogP contribution in [0.25, 0.3) is 0 Å². The number of hydrogen-bond donors (Lipinski definition) is 0. The molecular weight excluding hydrogens is 198 g/mol. The third-order valence-electron chi connectivity index (χ3n) is 0.890. The van der Waals surface area contributed by atoms with Gasteiger partial charge in [-0.15, -0.1) is 0 Å². The average Bonchev–Trinajstić information content (AvgIpc) is 1.89. The van der Waals surface area contributed by atoms with Crippen LogP contribution in [0.3, 0.4) is 0 Å². The van der Waals surface area contributed by atoms with E-state index in [9.17, 15) is 0 Å². The van der Waals surface area contributed by atoms with Gasteiger partial charge in [0.15, 0.2) is 0 Å². The van der Waals surface area contributed by atoms with Crippen LogP contribution in [0.1, 0.15) is 0 Å². The molecule has 4 heteroatoms. The van der Waals surface area contributed by atoms with Crippen LogP contribution in [0.4, 0.5) is 0 Å². The minimum atomic E-state index is -0.135. The number of halogens is 1. The van der Waals surface area contributed by atoms with Crippen LogP contribution in [0.2, 0.25) is 10.9 Å². The predicted molar refractivity (Wildman–Crippen MR) is 39.7 cm³/mol. The molecule has 1 rings (SSSR count). The first-order valence-electron chi connectivity index (χ1n) is 2.49. The molecule has 0 aliphatic rings. The fourth-order valence-corrected chi connectivity index (χ4v) is 2.08. The molecule has 0 fully saturated rings. The van der Waals surface area contributed by atoms with E-state index in [2.05, 4.69) is 15.7 Å². The van der Waals surface area contributed by atoms with Gasteiger partial charge in [0.05, 0.1) is 0 Å². The van der Waals surface area contributed by atoms with Gasteiger partial charge in [0.1, 0.15) is 0 Å². The summed E-state index contributed by atoms with van der Waals surface area (Å²) < 4.78 is 0.985. The van der Waals surface area contributed by atoms with Crippen molar-refractivity contribution in [2.75, 3.05) is 0 Å². The fourth-order valence-electron chi connectivity index (χ4n) is 0.489. The molecule has 1 aromatic heterocycles. The molecule has 0 aliphatic heterocycles. The van der Waals surface area contributed by atoms with Gasteiger partial charge in [-0.25, -0.2) is 0 Å². The molecule has 0 bridgehead atoms. The van der Waals surface area contributed by atoms with Crippen molar-refractivity contribution in [3.8, 4) is 0 Å². The Morgan fingerprint density at radius 1 is 1.44 bits per heavy atom. The molecule has 0 radical (unpaired) electrons. The SMILES string of the molecule is C[AsH]c1nccnc1Cl. The van der Waals surface area contributed by atoms with Crippen molar-refractivity contribution < 1.29 is 0 Å². The third kappa shape index (κ3) is 1.67. The maximum atomic E-state index is 5.68. The van der Waals surface area contributed by atoms with E-state index in [1.54, 1.807) is 12.4 Å². The van der Waals surface area contributed by atoms with E-state index in [1.807, 2.05) is 0 Å². The zero-order chi connectivity index (χ0) is 6.69. The fraction of sp³-hybridized carbons (Fsp3) is 0.200. The first kappa shape index (κ1) is 7.04. The molecule has 0 spiro atoms. The Balaban J connectivity index is 3.01. The van der Waals surface area contributed by atoms with Gasteiger partial charge in [0.25, 0.3) is 0 Å².